The van der Waals surface area contributed by atoms with Crippen molar-refractivity contribution in [1.82, 2.24) is 4.98 Å². The first-order chi connectivity index (χ1) is 28.8. The second-order valence-corrected chi connectivity index (χ2v) is 15.0. The van der Waals surface area contributed by atoms with E-state index in [-0.39, 0.29) is 0 Å². The summed E-state index contributed by atoms with van der Waals surface area (Å²) in [5.74, 6) is 0. The lowest BCUT2D eigenvalue weighted by Crippen LogP contribution is -1.93. The molecule has 0 N–H and O–H groups in total. The van der Waals surface area contributed by atoms with Gasteiger partial charge in [0.25, 0.3) is 0 Å². The van der Waals surface area contributed by atoms with Crippen LogP contribution in [0.1, 0.15) is 0 Å². The van der Waals surface area contributed by atoms with Gasteiger partial charge in [0, 0.05) is 18.0 Å². The van der Waals surface area contributed by atoms with Crippen molar-refractivity contribution in [1.29, 1.82) is 0 Å². The normalized spacial score (nSPS) is 11.4. The van der Waals surface area contributed by atoms with Crippen LogP contribution in [0.2, 0.25) is 0 Å². The number of nitrogens with zero attached hydrogens (tertiary/aromatic N) is 1. The number of pyridine rings is 1. The second-order valence-electron chi connectivity index (χ2n) is 15.0. The molecule has 270 valence electrons. The second kappa shape index (κ2) is 14.2. The lowest BCUT2D eigenvalue weighted by molar-refractivity contribution is 1.33. The minimum atomic E-state index is 1.13. The summed E-state index contributed by atoms with van der Waals surface area (Å²) in [4.78, 5) is 4.49. The van der Waals surface area contributed by atoms with Crippen LogP contribution in [0.25, 0.3) is 110 Å². The number of aromatic nitrogens is 1. The zero-order valence-corrected chi connectivity index (χ0v) is 31.8. The Morgan fingerprint density at radius 3 is 0.845 bits per heavy atom. The van der Waals surface area contributed by atoms with Crippen LogP contribution in [0, 0.1) is 0 Å². The molecule has 0 atom stereocenters. The Morgan fingerprint density at radius 2 is 0.500 bits per heavy atom. The summed E-state index contributed by atoms with van der Waals surface area (Å²) in [6.07, 6.45) is 3.82. The Labute approximate surface area is 338 Å². The Morgan fingerprint density at radius 1 is 0.207 bits per heavy atom. The summed E-state index contributed by atoms with van der Waals surface area (Å²) >= 11 is 0. The third-order valence-corrected chi connectivity index (χ3v) is 11.7. The standard InChI is InChI=1S/C57H37N/c1-3-16-38(17-4-1)43-34-44(39-18-5-2-6-19-39)36-45(35-43)57-52-27-13-9-23-48(52)55(49-24-10-14-28-53(49)57)41-31-29-40(30-32-41)54-46-21-7-11-25-50(46)56(42-20-15-33-58-37-42)51-26-12-8-22-47(51)54/h1-37H. The molecule has 11 aromatic rings. The van der Waals surface area contributed by atoms with Gasteiger partial charge in [-0.15, -0.1) is 0 Å². The average molecular weight is 736 g/mol. The van der Waals surface area contributed by atoms with E-state index in [1.165, 1.54) is 104 Å². The van der Waals surface area contributed by atoms with Crippen LogP contribution < -0.4 is 0 Å². The van der Waals surface area contributed by atoms with Crippen molar-refractivity contribution < 1.29 is 0 Å². The van der Waals surface area contributed by atoms with Crippen LogP contribution in [-0.4, -0.2) is 4.98 Å². The lowest BCUT2D eigenvalue weighted by Gasteiger charge is -2.20. The van der Waals surface area contributed by atoms with Crippen molar-refractivity contribution in [3.05, 3.63) is 225 Å². The molecule has 0 amide bonds. The van der Waals surface area contributed by atoms with Gasteiger partial charge in [-0.25, -0.2) is 0 Å². The minimum Gasteiger partial charge on any atom is -0.264 e. The zero-order chi connectivity index (χ0) is 38.4. The maximum absolute atomic E-state index is 4.49. The van der Waals surface area contributed by atoms with Crippen molar-refractivity contribution in [2.24, 2.45) is 0 Å². The SMILES string of the molecule is c1ccc(-c2cc(-c3ccccc3)cc(-c3c4ccccc4c(-c4ccc(-c5c6ccccc6c(-c6cccnc6)c6ccccc56)cc4)c4ccccc34)c2)cc1. The van der Waals surface area contributed by atoms with Gasteiger partial charge in [-0.3, -0.25) is 4.98 Å². The molecule has 11 rings (SSSR count). The van der Waals surface area contributed by atoms with Gasteiger partial charge >= 0.3 is 0 Å². The van der Waals surface area contributed by atoms with Gasteiger partial charge in [-0.2, -0.15) is 0 Å². The molecule has 0 radical (unpaired) electrons. The summed E-state index contributed by atoms with van der Waals surface area (Å²) in [6.45, 7) is 0. The van der Waals surface area contributed by atoms with Crippen molar-refractivity contribution in [3.63, 3.8) is 0 Å². The van der Waals surface area contributed by atoms with E-state index < -0.39 is 0 Å². The molecule has 0 spiro atoms. The van der Waals surface area contributed by atoms with E-state index in [9.17, 15) is 0 Å². The number of fused-ring (bicyclic) bond motifs is 4. The molecule has 1 heterocycles. The van der Waals surface area contributed by atoms with Gasteiger partial charge in [0.15, 0.2) is 0 Å². The molecule has 0 aliphatic rings. The van der Waals surface area contributed by atoms with Gasteiger partial charge in [0.05, 0.1) is 0 Å². The first kappa shape index (κ1) is 33.7. The van der Waals surface area contributed by atoms with E-state index in [4.69, 9.17) is 0 Å². The molecule has 58 heavy (non-hydrogen) atoms. The van der Waals surface area contributed by atoms with Crippen molar-refractivity contribution in [2.45, 2.75) is 0 Å². The highest BCUT2D eigenvalue weighted by Crippen LogP contribution is 2.47. The van der Waals surface area contributed by atoms with Gasteiger partial charge in [0.2, 0.25) is 0 Å². The molecule has 1 aromatic heterocycles. The van der Waals surface area contributed by atoms with Crippen LogP contribution in [0.4, 0.5) is 0 Å². The van der Waals surface area contributed by atoms with Crippen LogP contribution in [-0.2, 0) is 0 Å². The zero-order valence-electron chi connectivity index (χ0n) is 31.8. The smallest absolute Gasteiger partial charge is 0.0346 e. The Hall–Kier alpha value is -7.61. The van der Waals surface area contributed by atoms with Gasteiger partial charge in [-0.05, 0) is 129 Å². The molecular formula is C57H37N. The van der Waals surface area contributed by atoms with E-state index in [1.54, 1.807) is 0 Å². The molecule has 0 fully saturated rings. The molecule has 0 saturated heterocycles. The van der Waals surface area contributed by atoms with E-state index in [0.29, 0.717) is 0 Å². The van der Waals surface area contributed by atoms with Crippen LogP contribution in [0.3, 0.4) is 0 Å². The van der Waals surface area contributed by atoms with Crippen molar-refractivity contribution in [3.8, 4) is 66.8 Å². The third-order valence-electron chi connectivity index (χ3n) is 11.7. The van der Waals surface area contributed by atoms with E-state index in [1.807, 2.05) is 18.5 Å². The molecule has 0 bridgehead atoms. The molecule has 0 unspecified atom stereocenters. The lowest BCUT2D eigenvalue weighted by atomic mass is 9.83. The molecule has 0 aliphatic carbocycles. The number of hydrogen-bond donors (Lipinski definition) is 0. The number of benzene rings is 10. The minimum absolute atomic E-state index is 1.13. The van der Waals surface area contributed by atoms with Crippen LogP contribution in [0.5, 0.6) is 0 Å². The largest absolute Gasteiger partial charge is 0.264 e. The first-order valence-electron chi connectivity index (χ1n) is 19.9. The molecule has 10 aromatic carbocycles. The fourth-order valence-electron chi connectivity index (χ4n) is 9.18. The highest BCUT2D eigenvalue weighted by molar-refractivity contribution is 6.23. The number of hydrogen-bond acceptors (Lipinski definition) is 1. The van der Waals surface area contributed by atoms with Crippen LogP contribution >= 0.6 is 0 Å². The molecule has 1 heteroatoms. The van der Waals surface area contributed by atoms with E-state index >= 15 is 0 Å². The average Bonchev–Trinajstić information content (AvgIpc) is 3.30. The predicted molar refractivity (Wildman–Crippen MR) is 247 cm³/mol. The molecule has 0 aliphatic heterocycles. The van der Waals surface area contributed by atoms with E-state index in [0.717, 1.165) is 5.56 Å². The Kier molecular flexibility index (Phi) is 8.23. The quantitative estimate of drug-likeness (QED) is 0.155. The third kappa shape index (κ3) is 5.67. The Bertz CT molecular complexity index is 3120. The first-order valence-corrected chi connectivity index (χ1v) is 19.9. The maximum Gasteiger partial charge on any atom is 0.0346 e. The van der Waals surface area contributed by atoms with Crippen molar-refractivity contribution in [2.75, 3.05) is 0 Å². The van der Waals surface area contributed by atoms with Gasteiger partial charge in [0.1, 0.15) is 0 Å². The number of rotatable bonds is 6. The predicted octanol–water partition coefficient (Wildman–Crippen LogP) is 15.7. The summed E-state index contributed by atoms with van der Waals surface area (Å²) in [6, 6.07) is 77.6. The topological polar surface area (TPSA) is 12.9 Å². The highest BCUT2D eigenvalue weighted by atomic mass is 14.6. The fraction of sp³-hybridized carbons (Fsp3) is 0. The summed E-state index contributed by atoms with van der Waals surface area (Å²) in [5, 5.41) is 9.90. The summed E-state index contributed by atoms with van der Waals surface area (Å²) in [7, 11) is 0. The Balaban J connectivity index is 1.12. The highest BCUT2D eigenvalue weighted by Gasteiger charge is 2.20. The molecule has 0 saturated carbocycles. The summed E-state index contributed by atoms with van der Waals surface area (Å²) < 4.78 is 0. The van der Waals surface area contributed by atoms with Crippen molar-refractivity contribution >= 4 is 43.1 Å². The molecule has 1 nitrogen and oxygen atoms in total. The monoisotopic (exact) mass is 735 g/mol. The maximum atomic E-state index is 4.49. The molecular weight excluding hydrogens is 699 g/mol. The van der Waals surface area contributed by atoms with Gasteiger partial charge < -0.3 is 0 Å². The fourth-order valence-corrected chi connectivity index (χ4v) is 9.18. The van der Waals surface area contributed by atoms with Crippen LogP contribution in [0.15, 0.2) is 225 Å². The van der Waals surface area contributed by atoms with E-state index in [2.05, 4.69) is 211 Å². The van der Waals surface area contributed by atoms with Gasteiger partial charge in [-0.1, -0.05) is 188 Å². The summed E-state index contributed by atoms with van der Waals surface area (Å²) in [5.41, 5.74) is 14.6.